The number of Topliss-reactive ketones (excluding diaryl/α,β-unsaturated/α-hetero) is 1. The van der Waals surface area contributed by atoms with Crippen LogP contribution in [0.1, 0.15) is 35.4 Å². The van der Waals surface area contributed by atoms with Crippen LogP contribution < -0.4 is 11.1 Å². The zero-order chi connectivity index (χ0) is 17.4. The fraction of sp³-hybridized carbons (Fsp3) is 0.188. The smallest absolute Gasteiger partial charge is 0.257 e. The minimum absolute atomic E-state index is 0.0933. The predicted octanol–water partition coefficient (Wildman–Crippen LogP) is 0.590. The Morgan fingerprint density at radius 2 is 1.83 bits per heavy atom. The van der Waals surface area contributed by atoms with E-state index in [9.17, 15) is 24.3 Å². The number of nitrogens with one attached hydrogen (secondary N) is 2. The van der Waals surface area contributed by atoms with Crippen molar-refractivity contribution in [1.82, 2.24) is 15.0 Å². The Bertz CT molecular complexity index is 1100. The molecule has 8 nitrogen and oxygen atoms in total. The number of aliphatic hydroxyl groups excluding tert-OH is 1. The molecule has 0 bridgehead atoms. The molecule has 3 aromatic rings. The van der Waals surface area contributed by atoms with Crippen LogP contribution in [0.15, 0.2) is 28.0 Å². The summed E-state index contributed by atoms with van der Waals surface area (Å²) in [6.45, 7) is 1.34. The molecule has 3 N–H and O–H groups in total. The maximum absolute atomic E-state index is 12.1. The molecule has 3 rings (SSSR count). The van der Waals surface area contributed by atoms with Crippen LogP contribution in [0.3, 0.4) is 0 Å². The maximum Gasteiger partial charge on any atom is 0.257 e. The van der Waals surface area contributed by atoms with E-state index in [0.717, 1.165) is 0 Å². The highest BCUT2D eigenvalue weighted by molar-refractivity contribution is 6.00. The van der Waals surface area contributed by atoms with Crippen molar-refractivity contribution < 1.29 is 14.7 Å². The summed E-state index contributed by atoms with van der Waals surface area (Å²) in [7, 11) is 0. The summed E-state index contributed by atoms with van der Waals surface area (Å²) in [6, 6.07) is 1.33. The van der Waals surface area contributed by atoms with Gasteiger partial charge < -0.3 is 15.1 Å². The molecule has 0 aromatic carbocycles. The molecule has 0 aliphatic heterocycles. The summed E-state index contributed by atoms with van der Waals surface area (Å²) in [5.41, 5.74) is -0.303. The normalized spacial score (nSPS) is 12.4. The van der Waals surface area contributed by atoms with E-state index in [2.05, 4.69) is 15.0 Å². The lowest BCUT2D eigenvalue weighted by atomic mass is 10.0. The van der Waals surface area contributed by atoms with Crippen LogP contribution in [0.4, 0.5) is 0 Å². The second-order valence-electron chi connectivity index (χ2n) is 5.47. The average molecular weight is 327 g/mol. The molecule has 0 aliphatic rings. The number of aromatic amines is 2. The van der Waals surface area contributed by atoms with Gasteiger partial charge in [0.2, 0.25) is 0 Å². The van der Waals surface area contributed by atoms with Gasteiger partial charge in [-0.3, -0.25) is 19.2 Å². The number of hydrogen-bond acceptors (Lipinski definition) is 6. The number of aliphatic hydroxyl groups is 1. The molecule has 0 amide bonds. The van der Waals surface area contributed by atoms with Crippen LogP contribution >= 0.6 is 0 Å². The maximum atomic E-state index is 12.1. The number of ketones is 1. The van der Waals surface area contributed by atoms with Crippen LogP contribution in [-0.4, -0.2) is 32.1 Å². The molecule has 0 saturated carbocycles. The zero-order valence-corrected chi connectivity index (χ0v) is 12.6. The third-order valence-corrected chi connectivity index (χ3v) is 3.74. The number of aromatic nitrogens is 3. The van der Waals surface area contributed by atoms with Gasteiger partial charge in [0, 0.05) is 24.4 Å². The fourth-order valence-corrected chi connectivity index (χ4v) is 2.60. The number of fused-ring (bicyclic) bond motifs is 2. The van der Waals surface area contributed by atoms with Gasteiger partial charge in [0.25, 0.3) is 11.1 Å². The van der Waals surface area contributed by atoms with Crippen molar-refractivity contribution >= 4 is 33.9 Å². The summed E-state index contributed by atoms with van der Waals surface area (Å²) < 4.78 is 0. The van der Waals surface area contributed by atoms with Gasteiger partial charge in [-0.15, -0.1) is 0 Å². The lowest BCUT2D eigenvalue weighted by molar-refractivity contribution is -0.118. The van der Waals surface area contributed by atoms with E-state index in [-0.39, 0.29) is 45.1 Å². The topological polar surface area (TPSA) is 133 Å². The first-order valence-electron chi connectivity index (χ1n) is 7.12. The van der Waals surface area contributed by atoms with E-state index in [0.29, 0.717) is 6.29 Å². The van der Waals surface area contributed by atoms with E-state index >= 15 is 0 Å². The summed E-state index contributed by atoms with van der Waals surface area (Å²) >= 11 is 0. The van der Waals surface area contributed by atoms with Gasteiger partial charge >= 0.3 is 0 Å². The summed E-state index contributed by atoms with van der Waals surface area (Å²) in [5, 5.41) is 10.4. The number of carbonyl (C=O) groups excluding carboxylic acids is 2. The van der Waals surface area contributed by atoms with Gasteiger partial charge in [-0.05, 0) is 13.0 Å². The van der Waals surface area contributed by atoms with Crippen molar-refractivity contribution in [2.45, 2.75) is 19.4 Å². The third-order valence-electron chi connectivity index (χ3n) is 3.74. The largest absolute Gasteiger partial charge is 0.388 e. The van der Waals surface area contributed by atoms with E-state index in [4.69, 9.17) is 0 Å². The SMILES string of the molecule is CC(=O)CC(O)c1c[nH]c(=O)c2cc3c(=O)[nH]cc(C=O)c3nc12. The van der Waals surface area contributed by atoms with Crippen LogP contribution in [0.25, 0.3) is 21.8 Å². The van der Waals surface area contributed by atoms with Gasteiger partial charge in [-0.2, -0.15) is 0 Å². The molecule has 0 spiro atoms. The van der Waals surface area contributed by atoms with E-state index < -0.39 is 17.2 Å². The Morgan fingerprint density at radius 3 is 2.46 bits per heavy atom. The Labute approximate surface area is 134 Å². The number of carbonyl (C=O) groups is 2. The Kier molecular flexibility index (Phi) is 3.82. The molecule has 24 heavy (non-hydrogen) atoms. The molecule has 0 aliphatic carbocycles. The molecular formula is C16H13N3O5. The van der Waals surface area contributed by atoms with Crippen LogP contribution in [0, 0.1) is 0 Å². The van der Waals surface area contributed by atoms with Gasteiger partial charge in [-0.25, -0.2) is 4.98 Å². The van der Waals surface area contributed by atoms with Crippen molar-refractivity contribution in [2.24, 2.45) is 0 Å². The first-order chi connectivity index (χ1) is 11.4. The van der Waals surface area contributed by atoms with Crippen LogP contribution in [0.2, 0.25) is 0 Å². The van der Waals surface area contributed by atoms with Gasteiger partial charge in [0.15, 0.2) is 6.29 Å². The second kappa shape index (κ2) is 5.82. The minimum Gasteiger partial charge on any atom is -0.388 e. The molecule has 3 heterocycles. The first-order valence-corrected chi connectivity index (χ1v) is 7.12. The second-order valence-corrected chi connectivity index (χ2v) is 5.47. The number of hydrogen-bond donors (Lipinski definition) is 3. The molecule has 0 fully saturated rings. The Hall–Kier alpha value is -3.13. The molecule has 8 heteroatoms. The van der Waals surface area contributed by atoms with Crippen molar-refractivity contribution in [1.29, 1.82) is 0 Å². The molecule has 1 atom stereocenters. The molecule has 0 radical (unpaired) electrons. The number of aldehydes is 1. The van der Waals surface area contributed by atoms with E-state index in [1.807, 2.05) is 0 Å². The van der Waals surface area contributed by atoms with Crippen molar-refractivity contribution in [2.75, 3.05) is 0 Å². The predicted molar refractivity (Wildman–Crippen MR) is 86.1 cm³/mol. The molecular weight excluding hydrogens is 314 g/mol. The highest BCUT2D eigenvalue weighted by atomic mass is 16.3. The summed E-state index contributed by atoms with van der Waals surface area (Å²) in [4.78, 5) is 55.6. The van der Waals surface area contributed by atoms with E-state index in [1.54, 1.807) is 0 Å². The monoisotopic (exact) mass is 327 g/mol. The third kappa shape index (κ3) is 2.52. The lowest BCUT2D eigenvalue weighted by Crippen LogP contribution is -2.14. The zero-order valence-electron chi connectivity index (χ0n) is 12.6. The standard InChI is InChI=1S/C16H13N3O5/c1-7(21)2-12(22)11-5-18-16(24)10-3-9-13(19-14(10)11)8(6-20)4-17-15(9)23/h3-6,12,22H,2H2,1H3,(H,17,23)(H,18,24). The first kappa shape index (κ1) is 15.8. The highest BCUT2D eigenvalue weighted by Gasteiger charge is 2.18. The highest BCUT2D eigenvalue weighted by Crippen LogP contribution is 2.25. The quantitative estimate of drug-likeness (QED) is 0.474. The minimum atomic E-state index is -1.16. The van der Waals surface area contributed by atoms with Crippen LogP contribution in [0.5, 0.6) is 0 Å². The number of nitrogens with zero attached hydrogens (tertiary/aromatic N) is 1. The Balaban J connectivity index is 2.43. The lowest BCUT2D eigenvalue weighted by Gasteiger charge is -2.12. The number of rotatable bonds is 4. The number of H-pyrrole nitrogens is 2. The summed E-state index contributed by atoms with van der Waals surface area (Å²) in [5.74, 6) is -0.229. The molecule has 0 saturated heterocycles. The van der Waals surface area contributed by atoms with Crippen molar-refractivity contribution in [3.8, 4) is 0 Å². The molecule has 122 valence electrons. The van der Waals surface area contributed by atoms with Crippen molar-refractivity contribution in [3.63, 3.8) is 0 Å². The molecule has 1 unspecified atom stereocenters. The van der Waals surface area contributed by atoms with Gasteiger partial charge in [0.1, 0.15) is 5.78 Å². The van der Waals surface area contributed by atoms with E-state index in [1.165, 1.54) is 25.4 Å². The Morgan fingerprint density at radius 1 is 1.21 bits per heavy atom. The van der Waals surface area contributed by atoms with Crippen LogP contribution in [-0.2, 0) is 4.79 Å². The van der Waals surface area contributed by atoms with Gasteiger partial charge in [0.05, 0.1) is 33.5 Å². The average Bonchev–Trinajstić information content (AvgIpc) is 2.54. The fourth-order valence-electron chi connectivity index (χ4n) is 2.60. The number of pyridine rings is 3. The molecule has 3 aromatic heterocycles. The van der Waals surface area contributed by atoms with Crippen molar-refractivity contribution in [3.05, 3.63) is 50.3 Å². The summed E-state index contributed by atoms with van der Waals surface area (Å²) in [6.07, 6.45) is 1.75. The van der Waals surface area contributed by atoms with Gasteiger partial charge in [-0.1, -0.05) is 0 Å².